The zero-order valence-electron chi connectivity index (χ0n) is 18.6. The third-order valence-corrected chi connectivity index (χ3v) is 7.21. The van der Waals surface area contributed by atoms with Gasteiger partial charge in [0.2, 0.25) is 0 Å². The van der Waals surface area contributed by atoms with E-state index in [1.54, 1.807) is 38.4 Å². The van der Waals surface area contributed by atoms with E-state index in [1.807, 2.05) is 37.3 Å². The summed E-state index contributed by atoms with van der Waals surface area (Å²) >= 11 is 0. The second-order valence-electron chi connectivity index (χ2n) is 7.83. The highest BCUT2D eigenvalue weighted by molar-refractivity contribution is 7.90. The summed E-state index contributed by atoms with van der Waals surface area (Å²) in [4.78, 5) is 25.4. The van der Waals surface area contributed by atoms with Gasteiger partial charge >= 0.3 is 5.97 Å². The van der Waals surface area contributed by atoms with Crippen LogP contribution in [0.3, 0.4) is 0 Å². The molecule has 0 fully saturated rings. The quantitative estimate of drug-likeness (QED) is 0.404. The lowest BCUT2D eigenvalue weighted by molar-refractivity contribution is -0.147. The summed E-state index contributed by atoms with van der Waals surface area (Å²) in [5.74, 6) is -0.405. The van der Waals surface area contributed by atoms with Crippen molar-refractivity contribution in [1.82, 2.24) is 8.54 Å². The number of esters is 1. The van der Waals surface area contributed by atoms with Gasteiger partial charge in [0.1, 0.15) is 5.52 Å². The second-order valence-corrected chi connectivity index (χ2v) is 9.64. The van der Waals surface area contributed by atoms with Crippen molar-refractivity contribution in [3.8, 4) is 0 Å². The summed E-state index contributed by atoms with van der Waals surface area (Å²) in [6.07, 6.45) is 2.34. The van der Waals surface area contributed by atoms with Gasteiger partial charge in [0.05, 0.1) is 4.90 Å². The number of fused-ring (bicyclic) bond motifs is 1. The number of nitrogens with zero attached hydrogens (tertiary/aromatic N) is 2. The van der Waals surface area contributed by atoms with Crippen LogP contribution in [0.1, 0.15) is 36.1 Å². The number of hydrogen-bond donors (Lipinski definition) is 0. The SMILES string of the molecule is CCC(=O)OC(c1ccccc1)c1cn(C)c(=O)c2c1ccn2S(=O)(=O)c1ccc(C)cc1. The Morgan fingerprint density at radius 2 is 1.70 bits per heavy atom. The maximum atomic E-state index is 13.4. The highest BCUT2D eigenvalue weighted by atomic mass is 32.2. The summed E-state index contributed by atoms with van der Waals surface area (Å²) < 4.78 is 34.8. The molecule has 170 valence electrons. The van der Waals surface area contributed by atoms with E-state index in [1.165, 1.54) is 22.9 Å². The van der Waals surface area contributed by atoms with Crippen LogP contribution in [0, 0.1) is 6.92 Å². The van der Waals surface area contributed by atoms with Crippen LogP contribution in [0.2, 0.25) is 0 Å². The van der Waals surface area contributed by atoms with Gasteiger partial charge in [-0.25, -0.2) is 12.4 Å². The molecule has 2 heterocycles. The fraction of sp³-hybridized carbons (Fsp3) is 0.200. The van der Waals surface area contributed by atoms with Crippen LogP contribution in [0.15, 0.2) is 82.7 Å². The van der Waals surface area contributed by atoms with E-state index in [0.29, 0.717) is 16.5 Å². The molecule has 0 aliphatic rings. The molecule has 7 nitrogen and oxygen atoms in total. The fourth-order valence-electron chi connectivity index (χ4n) is 3.75. The number of carbonyl (C=O) groups excluding carboxylic acids is 1. The van der Waals surface area contributed by atoms with Gasteiger partial charge in [0, 0.05) is 36.8 Å². The smallest absolute Gasteiger partial charge is 0.306 e. The van der Waals surface area contributed by atoms with Crippen molar-refractivity contribution in [2.45, 2.75) is 31.3 Å². The number of aryl methyl sites for hydroxylation is 2. The average molecular weight is 465 g/mol. The van der Waals surface area contributed by atoms with Crippen LogP contribution in [0.5, 0.6) is 0 Å². The zero-order valence-corrected chi connectivity index (χ0v) is 19.4. The largest absolute Gasteiger partial charge is 0.452 e. The monoisotopic (exact) mass is 464 g/mol. The number of carbonyl (C=O) groups is 1. The van der Waals surface area contributed by atoms with Crippen molar-refractivity contribution >= 4 is 26.9 Å². The Hall–Kier alpha value is -3.65. The minimum absolute atomic E-state index is 0.00375. The van der Waals surface area contributed by atoms with E-state index in [0.717, 1.165) is 9.54 Å². The molecule has 0 aliphatic heterocycles. The molecule has 0 spiro atoms. The standard InChI is InChI=1S/C25H24N2O5S/c1-4-22(28)32-24(18-8-6-5-7-9-18)21-16-26(3)25(29)23-20(21)14-15-27(23)33(30,31)19-12-10-17(2)11-13-19/h5-16,24H,4H2,1-3H3. The van der Waals surface area contributed by atoms with Crippen molar-refractivity contribution in [3.63, 3.8) is 0 Å². The molecule has 2 aromatic heterocycles. The van der Waals surface area contributed by atoms with Gasteiger partial charge in [-0.15, -0.1) is 0 Å². The first-order chi connectivity index (χ1) is 15.7. The van der Waals surface area contributed by atoms with Gasteiger partial charge in [-0.1, -0.05) is 55.0 Å². The van der Waals surface area contributed by atoms with E-state index >= 15 is 0 Å². The van der Waals surface area contributed by atoms with Crippen LogP contribution in [-0.2, 0) is 26.6 Å². The normalized spacial score (nSPS) is 12.6. The maximum absolute atomic E-state index is 13.4. The van der Waals surface area contributed by atoms with Crippen LogP contribution in [0.4, 0.5) is 0 Å². The lowest BCUT2D eigenvalue weighted by atomic mass is 10.00. The zero-order chi connectivity index (χ0) is 23.8. The first-order valence-electron chi connectivity index (χ1n) is 10.5. The summed E-state index contributed by atoms with van der Waals surface area (Å²) in [6, 6.07) is 17.2. The van der Waals surface area contributed by atoms with Gasteiger partial charge in [0.25, 0.3) is 15.6 Å². The third kappa shape index (κ3) is 4.09. The average Bonchev–Trinajstić information content (AvgIpc) is 3.27. The summed E-state index contributed by atoms with van der Waals surface area (Å²) in [7, 11) is -2.47. The fourth-order valence-corrected chi connectivity index (χ4v) is 5.09. The molecule has 0 saturated heterocycles. The number of ether oxygens (including phenoxy) is 1. The maximum Gasteiger partial charge on any atom is 0.306 e. The van der Waals surface area contributed by atoms with Crippen LogP contribution in [0.25, 0.3) is 10.9 Å². The van der Waals surface area contributed by atoms with E-state index < -0.39 is 27.7 Å². The Kier molecular flexibility index (Phi) is 5.95. The van der Waals surface area contributed by atoms with E-state index in [2.05, 4.69) is 0 Å². The summed E-state index contributed by atoms with van der Waals surface area (Å²) in [5, 5.41) is 0.409. The lowest BCUT2D eigenvalue weighted by Crippen LogP contribution is -2.24. The predicted octanol–water partition coefficient (Wildman–Crippen LogP) is 3.93. The molecule has 0 bridgehead atoms. The summed E-state index contributed by atoms with van der Waals surface area (Å²) in [5.41, 5.74) is 1.70. The van der Waals surface area contributed by atoms with Crippen molar-refractivity contribution in [1.29, 1.82) is 0 Å². The van der Waals surface area contributed by atoms with Gasteiger partial charge in [0.15, 0.2) is 6.10 Å². The van der Waals surface area contributed by atoms with Crippen LogP contribution in [-0.4, -0.2) is 22.9 Å². The Morgan fingerprint density at radius 1 is 1.03 bits per heavy atom. The van der Waals surface area contributed by atoms with E-state index in [9.17, 15) is 18.0 Å². The first kappa shape index (κ1) is 22.5. The molecule has 33 heavy (non-hydrogen) atoms. The lowest BCUT2D eigenvalue weighted by Gasteiger charge is -2.20. The minimum Gasteiger partial charge on any atom is -0.452 e. The molecule has 0 aliphatic carbocycles. The van der Waals surface area contributed by atoms with Crippen LogP contribution < -0.4 is 5.56 Å². The van der Waals surface area contributed by atoms with Crippen molar-refractivity contribution in [2.24, 2.45) is 7.05 Å². The number of rotatable bonds is 6. The summed E-state index contributed by atoms with van der Waals surface area (Å²) in [6.45, 7) is 3.57. The number of pyridine rings is 1. The molecule has 0 N–H and O–H groups in total. The Balaban J connectivity index is 1.97. The molecule has 0 radical (unpaired) electrons. The molecule has 0 amide bonds. The van der Waals surface area contributed by atoms with Gasteiger partial charge in [-0.05, 0) is 30.7 Å². The number of benzene rings is 2. The highest BCUT2D eigenvalue weighted by Gasteiger charge is 2.27. The van der Waals surface area contributed by atoms with Crippen LogP contribution >= 0.6 is 0 Å². The molecule has 0 saturated carbocycles. The Morgan fingerprint density at radius 3 is 2.33 bits per heavy atom. The molecule has 4 rings (SSSR count). The molecular formula is C25H24N2O5S. The van der Waals surface area contributed by atoms with Gasteiger partial charge in [-0.3, -0.25) is 9.59 Å². The predicted molar refractivity (Wildman–Crippen MR) is 126 cm³/mol. The Bertz CT molecular complexity index is 1480. The molecule has 1 atom stereocenters. The van der Waals surface area contributed by atoms with Gasteiger partial charge in [-0.2, -0.15) is 0 Å². The van der Waals surface area contributed by atoms with E-state index in [-0.39, 0.29) is 16.8 Å². The third-order valence-electron chi connectivity index (χ3n) is 5.52. The van der Waals surface area contributed by atoms with Crippen molar-refractivity contribution in [2.75, 3.05) is 0 Å². The number of hydrogen-bond acceptors (Lipinski definition) is 5. The number of aromatic nitrogens is 2. The topological polar surface area (TPSA) is 87.4 Å². The van der Waals surface area contributed by atoms with Gasteiger partial charge < -0.3 is 9.30 Å². The van der Waals surface area contributed by atoms with Crippen molar-refractivity contribution < 1.29 is 17.9 Å². The molecule has 8 heteroatoms. The minimum atomic E-state index is -4.02. The van der Waals surface area contributed by atoms with Crippen molar-refractivity contribution in [3.05, 3.63) is 100 Å². The first-order valence-corrected chi connectivity index (χ1v) is 11.9. The molecule has 4 aromatic rings. The molecule has 1 unspecified atom stereocenters. The second kappa shape index (κ2) is 8.71. The highest BCUT2D eigenvalue weighted by Crippen LogP contribution is 2.32. The van der Waals surface area contributed by atoms with E-state index in [4.69, 9.17) is 4.74 Å². The Labute approximate surface area is 191 Å². The molecule has 2 aromatic carbocycles. The molecular weight excluding hydrogens is 440 g/mol.